The Hall–Kier alpha value is -1.63. The van der Waals surface area contributed by atoms with Gasteiger partial charge in [-0.25, -0.2) is 4.98 Å². The van der Waals surface area contributed by atoms with Crippen molar-refractivity contribution in [1.29, 1.82) is 0 Å². The number of nitrogens with zero attached hydrogens (tertiary/aromatic N) is 4. The van der Waals surface area contributed by atoms with Crippen LogP contribution in [-0.4, -0.2) is 57.8 Å². The maximum atomic E-state index is 6.14. The molecule has 1 aliphatic heterocycles. The second-order valence-electron chi connectivity index (χ2n) is 7.13. The number of morpholine rings is 1. The van der Waals surface area contributed by atoms with Crippen molar-refractivity contribution < 1.29 is 4.74 Å². The van der Waals surface area contributed by atoms with E-state index >= 15 is 0 Å². The third-order valence-electron chi connectivity index (χ3n) is 5.51. The standard InChI is InChI=1S/C19H26ClN5O/c1-2-8-25-9-7-16-17(25)18(23-19(20)22-16)21-14-3-5-15(6-4-14)24-10-12-26-13-11-24/h2,7,9,14-15H,1,3-6,8,10-13H2,(H,21,22,23). The van der Waals surface area contributed by atoms with Crippen molar-refractivity contribution in [3.8, 4) is 0 Å². The molecule has 0 atom stereocenters. The summed E-state index contributed by atoms with van der Waals surface area (Å²) in [5, 5.41) is 3.93. The van der Waals surface area contributed by atoms with Gasteiger partial charge in [-0.15, -0.1) is 6.58 Å². The fraction of sp³-hybridized carbons (Fsp3) is 0.579. The molecule has 7 heteroatoms. The van der Waals surface area contributed by atoms with Gasteiger partial charge in [0.2, 0.25) is 5.28 Å². The van der Waals surface area contributed by atoms with Crippen molar-refractivity contribution in [3.05, 3.63) is 30.2 Å². The second-order valence-corrected chi connectivity index (χ2v) is 7.47. The van der Waals surface area contributed by atoms with Gasteiger partial charge in [0.15, 0.2) is 5.82 Å². The van der Waals surface area contributed by atoms with Gasteiger partial charge in [-0.2, -0.15) is 4.98 Å². The zero-order valence-electron chi connectivity index (χ0n) is 15.0. The monoisotopic (exact) mass is 375 g/mol. The van der Waals surface area contributed by atoms with Crippen LogP contribution < -0.4 is 5.32 Å². The SMILES string of the molecule is C=CCn1ccc2nc(Cl)nc(NC3CCC(N4CCOCC4)CC3)c21. The molecular formula is C19H26ClN5O. The Bertz CT molecular complexity index is 763. The zero-order valence-corrected chi connectivity index (χ0v) is 15.8. The number of ether oxygens (including phenoxy) is 1. The van der Waals surface area contributed by atoms with Crippen LogP contribution >= 0.6 is 11.6 Å². The average molecular weight is 376 g/mol. The topological polar surface area (TPSA) is 55.2 Å². The first-order valence-electron chi connectivity index (χ1n) is 9.46. The van der Waals surface area contributed by atoms with Crippen molar-refractivity contribution in [3.63, 3.8) is 0 Å². The Morgan fingerprint density at radius 1 is 1.23 bits per heavy atom. The van der Waals surface area contributed by atoms with Gasteiger partial charge in [-0.3, -0.25) is 4.90 Å². The molecule has 2 aromatic rings. The maximum absolute atomic E-state index is 6.14. The summed E-state index contributed by atoms with van der Waals surface area (Å²) in [5.41, 5.74) is 1.88. The normalized spacial score (nSPS) is 24.7. The number of hydrogen-bond donors (Lipinski definition) is 1. The van der Waals surface area contributed by atoms with Crippen molar-refractivity contribution in [1.82, 2.24) is 19.4 Å². The van der Waals surface area contributed by atoms with Crippen molar-refractivity contribution in [2.75, 3.05) is 31.6 Å². The summed E-state index contributed by atoms with van der Waals surface area (Å²) in [4.78, 5) is 11.4. The predicted molar refractivity (Wildman–Crippen MR) is 105 cm³/mol. The van der Waals surface area contributed by atoms with E-state index in [-0.39, 0.29) is 0 Å². The molecule has 1 saturated heterocycles. The zero-order chi connectivity index (χ0) is 17.9. The molecule has 26 heavy (non-hydrogen) atoms. The van der Waals surface area contributed by atoms with Crippen LogP contribution in [0.1, 0.15) is 25.7 Å². The van der Waals surface area contributed by atoms with Gasteiger partial charge < -0.3 is 14.6 Å². The highest BCUT2D eigenvalue weighted by atomic mass is 35.5. The lowest BCUT2D eigenvalue weighted by molar-refractivity contribution is 0.00791. The Morgan fingerprint density at radius 3 is 2.73 bits per heavy atom. The fourth-order valence-electron chi connectivity index (χ4n) is 4.19. The summed E-state index contributed by atoms with van der Waals surface area (Å²) < 4.78 is 7.59. The molecule has 2 fully saturated rings. The van der Waals surface area contributed by atoms with E-state index in [1.54, 1.807) is 0 Å². The molecule has 0 spiro atoms. The van der Waals surface area contributed by atoms with Crippen LogP contribution in [0.25, 0.3) is 11.0 Å². The van der Waals surface area contributed by atoms with E-state index in [4.69, 9.17) is 16.3 Å². The summed E-state index contributed by atoms with van der Waals surface area (Å²) in [6.45, 7) is 8.45. The minimum atomic E-state index is 0.290. The first-order chi connectivity index (χ1) is 12.7. The first kappa shape index (κ1) is 17.8. The largest absolute Gasteiger partial charge is 0.379 e. The van der Waals surface area contributed by atoms with Gasteiger partial charge in [-0.1, -0.05) is 6.08 Å². The number of anilines is 1. The molecule has 3 heterocycles. The molecule has 1 saturated carbocycles. The van der Waals surface area contributed by atoms with E-state index in [0.717, 1.165) is 62.5 Å². The molecule has 0 aromatic carbocycles. The van der Waals surface area contributed by atoms with E-state index in [0.29, 0.717) is 17.4 Å². The van der Waals surface area contributed by atoms with E-state index in [1.807, 2.05) is 18.3 Å². The Morgan fingerprint density at radius 2 is 2.00 bits per heavy atom. The van der Waals surface area contributed by atoms with Gasteiger partial charge in [-0.05, 0) is 43.4 Å². The minimum Gasteiger partial charge on any atom is -0.379 e. The number of rotatable bonds is 5. The lowest BCUT2D eigenvalue weighted by Crippen LogP contribution is -2.46. The third-order valence-corrected chi connectivity index (χ3v) is 5.68. The fourth-order valence-corrected chi connectivity index (χ4v) is 4.37. The van der Waals surface area contributed by atoms with E-state index < -0.39 is 0 Å². The summed E-state index contributed by atoms with van der Waals surface area (Å²) in [7, 11) is 0. The highest BCUT2D eigenvalue weighted by Crippen LogP contribution is 2.29. The number of aromatic nitrogens is 3. The van der Waals surface area contributed by atoms with E-state index in [9.17, 15) is 0 Å². The van der Waals surface area contributed by atoms with Crippen LogP contribution in [0.3, 0.4) is 0 Å². The molecule has 4 rings (SSSR count). The predicted octanol–water partition coefficient (Wildman–Crippen LogP) is 3.33. The summed E-state index contributed by atoms with van der Waals surface area (Å²) in [6, 6.07) is 3.09. The molecule has 1 N–H and O–H groups in total. The van der Waals surface area contributed by atoms with Crippen molar-refractivity contribution >= 4 is 28.5 Å². The molecule has 140 valence electrons. The van der Waals surface area contributed by atoms with E-state index in [2.05, 4.69) is 31.3 Å². The molecular weight excluding hydrogens is 350 g/mol. The van der Waals surface area contributed by atoms with Crippen LogP contribution in [0.2, 0.25) is 5.28 Å². The minimum absolute atomic E-state index is 0.290. The van der Waals surface area contributed by atoms with Gasteiger partial charge in [0.1, 0.15) is 5.52 Å². The van der Waals surface area contributed by atoms with Crippen LogP contribution in [0.15, 0.2) is 24.9 Å². The number of allylic oxidation sites excluding steroid dienone is 1. The molecule has 1 aliphatic carbocycles. The highest BCUT2D eigenvalue weighted by molar-refractivity contribution is 6.28. The number of nitrogens with one attached hydrogen (secondary N) is 1. The van der Waals surface area contributed by atoms with Crippen molar-refractivity contribution in [2.45, 2.75) is 44.3 Å². The van der Waals surface area contributed by atoms with Gasteiger partial charge >= 0.3 is 0 Å². The number of hydrogen-bond acceptors (Lipinski definition) is 5. The Balaban J connectivity index is 1.46. The second kappa shape index (κ2) is 7.94. The summed E-state index contributed by atoms with van der Waals surface area (Å²) >= 11 is 6.14. The van der Waals surface area contributed by atoms with Crippen LogP contribution in [-0.2, 0) is 11.3 Å². The lowest BCUT2D eigenvalue weighted by atomic mass is 9.90. The van der Waals surface area contributed by atoms with Crippen molar-refractivity contribution in [2.24, 2.45) is 0 Å². The molecule has 2 aromatic heterocycles. The third kappa shape index (κ3) is 3.72. The number of halogens is 1. The van der Waals surface area contributed by atoms with Crippen LogP contribution in [0.5, 0.6) is 0 Å². The molecule has 0 unspecified atom stereocenters. The number of fused-ring (bicyclic) bond motifs is 1. The summed E-state index contributed by atoms with van der Waals surface area (Å²) in [6.07, 6.45) is 8.62. The van der Waals surface area contributed by atoms with Crippen LogP contribution in [0, 0.1) is 0 Å². The van der Waals surface area contributed by atoms with Gasteiger partial charge in [0, 0.05) is 37.9 Å². The highest BCUT2D eigenvalue weighted by Gasteiger charge is 2.27. The Kier molecular flexibility index (Phi) is 5.43. The van der Waals surface area contributed by atoms with Crippen LogP contribution in [0.4, 0.5) is 5.82 Å². The quantitative estimate of drug-likeness (QED) is 0.641. The van der Waals surface area contributed by atoms with Gasteiger partial charge in [0.05, 0.1) is 18.7 Å². The average Bonchev–Trinajstić information content (AvgIpc) is 3.06. The maximum Gasteiger partial charge on any atom is 0.225 e. The molecule has 2 aliphatic rings. The molecule has 0 bridgehead atoms. The molecule has 0 radical (unpaired) electrons. The molecule has 0 amide bonds. The van der Waals surface area contributed by atoms with E-state index in [1.165, 1.54) is 12.8 Å². The molecule has 6 nitrogen and oxygen atoms in total. The summed E-state index contributed by atoms with van der Waals surface area (Å²) in [5.74, 6) is 0.835. The Labute approximate surface area is 159 Å². The van der Waals surface area contributed by atoms with Gasteiger partial charge in [0.25, 0.3) is 0 Å². The first-order valence-corrected chi connectivity index (χ1v) is 9.84. The lowest BCUT2D eigenvalue weighted by Gasteiger charge is -2.39. The smallest absolute Gasteiger partial charge is 0.225 e.